The third-order valence-electron chi connectivity index (χ3n) is 2.99. The molecule has 2 aromatic rings. The molecule has 0 fully saturated rings. The molecule has 20 heavy (non-hydrogen) atoms. The van der Waals surface area contributed by atoms with Crippen molar-refractivity contribution in [2.45, 2.75) is 6.92 Å². The van der Waals surface area contributed by atoms with Crippen molar-refractivity contribution in [3.8, 4) is 5.75 Å². The van der Waals surface area contributed by atoms with Crippen molar-refractivity contribution < 1.29 is 4.74 Å². The van der Waals surface area contributed by atoms with Gasteiger partial charge in [-0.25, -0.2) is 0 Å². The number of rotatable bonds is 7. The van der Waals surface area contributed by atoms with Gasteiger partial charge in [-0.1, -0.05) is 18.2 Å². The summed E-state index contributed by atoms with van der Waals surface area (Å²) in [6, 6.07) is 6.13. The van der Waals surface area contributed by atoms with Gasteiger partial charge in [-0.05, 0) is 43.7 Å². The van der Waals surface area contributed by atoms with Crippen molar-refractivity contribution in [1.29, 1.82) is 0 Å². The Morgan fingerprint density at radius 2 is 2.20 bits per heavy atom. The maximum absolute atomic E-state index is 5.72. The lowest BCUT2D eigenvalue weighted by molar-refractivity contribution is 0.361. The molecule has 0 aliphatic carbocycles. The van der Waals surface area contributed by atoms with Gasteiger partial charge in [-0.2, -0.15) is 4.37 Å². The number of benzene rings is 1. The number of fused-ring (bicyclic) bond motifs is 1. The fourth-order valence-corrected chi connectivity index (χ4v) is 2.71. The average Bonchev–Trinajstić information content (AvgIpc) is 2.80. The minimum atomic E-state index is 0.589. The first kappa shape index (κ1) is 14.8. The molecule has 0 unspecified atom stereocenters. The van der Waals surface area contributed by atoms with Gasteiger partial charge < -0.3 is 4.74 Å². The molecule has 3 nitrogen and oxygen atoms in total. The Morgan fingerprint density at radius 3 is 3.00 bits per heavy atom. The standard InChI is InChI=1S/C16H20N2OS/c1-4-9-18(3)10-5-6-11-19-14-7-8-15-13(2)17-20-16(15)12-14/h4-8,12H,1,9-11H2,2-3H3. The molecule has 0 radical (unpaired) electrons. The van der Waals surface area contributed by atoms with Crippen LogP contribution in [0.4, 0.5) is 0 Å². The van der Waals surface area contributed by atoms with Crippen LogP contribution < -0.4 is 4.74 Å². The fraction of sp³-hybridized carbons (Fsp3) is 0.312. The van der Waals surface area contributed by atoms with Gasteiger partial charge in [-0.3, -0.25) is 4.90 Å². The zero-order valence-electron chi connectivity index (χ0n) is 12.0. The van der Waals surface area contributed by atoms with Gasteiger partial charge in [0.1, 0.15) is 12.4 Å². The Bertz CT molecular complexity index is 604. The van der Waals surface area contributed by atoms with Crippen LogP contribution in [0.1, 0.15) is 5.69 Å². The van der Waals surface area contributed by atoms with Crippen molar-refractivity contribution in [2.75, 3.05) is 26.7 Å². The summed E-state index contributed by atoms with van der Waals surface area (Å²) in [5.41, 5.74) is 1.08. The highest BCUT2D eigenvalue weighted by atomic mass is 32.1. The van der Waals surface area contributed by atoms with Gasteiger partial charge in [0.2, 0.25) is 0 Å². The quantitative estimate of drug-likeness (QED) is 0.727. The highest BCUT2D eigenvalue weighted by Crippen LogP contribution is 2.26. The summed E-state index contributed by atoms with van der Waals surface area (Å²) < 4.78 is 11.2. The predicted octanol–water partition coefficient (Wildman–Crippen LogP) is 3.66. The molecule has 0 bridgehead atoms. The first-order chi connectivity index (χ1) is 9.70. The molecule has 0 spiro atoms. The lowest BCUT2D eigenvalue weighted by Crippen LogP contribution is -2.17. The highest BCUT2D eigenvalue weighted by Gasteiger charge is 2.02. The first-order valence-corrected chi connectivity index (χ1v) is 7.41. The average molecular weight is 288 g/mol. The normalized spacial score (nSPS) is 11.6. The predicted molar refractivity (Wildman–Crippen MR) is 86.7 cm³/mol. The Morgan fingerprint density at radius 1 is 1.35 bits per heavy atom. The molecule has 0 aliphatic rings. The van der Waals surface area contributed by atoms with E-state index in [4.69, 9.17) is 4.74 Å². The second-order valence-electron chi connectivity index (χ2n) is 4.72. The molecule has 0 saturated heterocycles. The lowest BCUT2D eigenvalue weighted by atomic mass is 10.2. The molecular weight excluding hydrogens is 268 g/mol. The minimum absolute atomic E-state index is 0.589. The summed E-state index contributed by atoms with van der Waals surface area (Å²) in [6.07, 6.45) is 6.05. The summed E-state index contributed by atoms with van der Waals surface area (Å²) in [5, 5.41) is 1.21. The van der Waals surface area contributed by atoms with E-state index in [1.54, 1.807) is 0 Å². The Labute approximate surface area is 124 Å². The third-order valence-corrected chi connectivity index (χ3v) is 3.89. The van der Waals surface area contributed by atoms with Gasteiger partial charge in [0, 0.05) is 18.5 Å². The monoisotopic (exact) mass is 288 g/mol. The van der Waals surface area contributed by atoms with Crippen LogP contribution in [0, 0.1) is 6.92 Å². The van der Waals surface area contributed by atoms with E-state index in [0.717, 1.165) is 24.5 Å². The van der Waals surface area contributed by atoms with Crippen molar-refractivity contribution in [1.82, 2.24) is 9.27 Å². The molecule has 0 N–H and O–H groups in total. The van der Waals surface area contributed by atoms with Crippen LogP contribution in [0.15, 0.2) is 43.0 Å². The van der Waals surface area contributed by atoms with E-state index in [-0.39, 0.29) is 0 Å². The van der Waals surface area contributed by atoms with E-state index in [9.17, 15) is 0 Å². The van der Waals surface area contributed by atoms with E-state index in [2.05, 4.69) is 41.1 Å². The number of aromatic nitrogens is 1. The van der Waals surface area contributed by atoms with Gasteiger partial charge in [0.15, 0.2) is 0 Å². The van der Waals surface area contributed by atoms with Gasteiger partial charge in [0.05, 0.1) is 10.4 Å². The Kier molecular flexibility index (Phi) is 5.32. The van der Waals surface area contributed by atoms with Crippen LogP contribution in [0.25, 0.3) is 10.1 Å². The molecule has 0 atom stereocenters. The SMILES string of the molecule is C=CCN(C)CC=CCOc1ccc2c(C)nsc2c1. The second-order valence-corrected chi connectivity index (χ2v) is 5.52. The highest BCUT2D eigenvalue weighted by molar-refractivity contribution is 7.13. The summed E-state index contributed by atoms with van der Waals surface area (Å²) >= 11 is 1.52. The maximum Gasteiger partial charge on any atom is 0.121 e. The smallest absolute Gasteiger partial charge is 0.121 e. The summed E-state index contributed by atoms with van der Waals surface area (Å²) in [4.78, 5) is 2.18. The van der Waals surface area contributed by atoms with Crippen LogP contribution in [-0.2, 0) is 0 Å². The molecule has 4 heteroatoms. The zero-order valence-corrected chi connectivity index (χ0v) is 12.8. The van der Waals surface area contributed by atoms with Gasteiger partial charge >= 0.3 is 0 Å². The molecule has 0 amide bonds. The van der Waals surface area contributed by atoms with Crippen LogP contribution in [-0.4, -0.2) is 36.0 Å². The summed E-state index contributed by atoms with van der Waals surface area (Å²) in [7, 11) is 2.06. The van der Waals surface area contributed by atoms with Crippen molar-refractivity contribution in [3.05, 3.63) is 48.7 Å². The molecule has 1 aromatic carbocycles. The maximum atomic E-state index is 5.72. The van der Waals surface area contributed by atoms with E-state index >= 15 is 0 Å². The summed E-state index contributed by atoms with van der Waals surface area (Å²) in [6.45, 7) is 8.14. The zero-order chi connectivity index (χ0) is 14.4. The van der Waals surface area contributed by atoms with Crippen LogP contribution in [0.3, 0.4) is 0 Å². The topological polar surface area (TPSA) is 25.4 Å². The number of likely N-dealkylation sites (N-methyl/N-ethyl adjacent to an activating group) is 1. The third kappa shape index (κ3) is 3.92. The Balaban J connectivity index is 1.83. The number of ether oxygens (including phenoxy) is 1. The molecular formula is C16H20N2OS. The number of aryl methyl sites for hydroxylation is 1. The molecule has 0 aliphatic heterocycles. The molecule has 0 saturated carbocycles. The Hall–Kier alpha value is -1.65. The summed E-state index contributed by atoms with van der Waals surface area (Å²) in [5.74, 6) is 0.894. The van der Waals surface area contributed by atoms with E-state index in [1.807, 2.05) is 25.1 Å². The van der Waals surface area contributed by atoms with Crippen molar-refractivity contribution in [3.63, 3.8) is 0 Å². The lowest BCUT2D eigenvalue weighted by Gasteiger charge is -2.10. The first-order valence-electron chi connectivity index (χ1n) is 6.64. The largest absolute Gasteiger partial charge is 0.489 e. The molecule has 1 heterocycles. The number of hydrogen-bond donors (Lipinski definition) is 0. The number of nitrogens with zero attached hydrogens (tertiary/aromatic N) is 2. The van der Waals surface area contributed by atoms with Crippen molar-refractivity contribution >= 4 is 21.6 Å². The van der Waals surface area contributed by atoms with Gasteiger partial charge in [0.25, 0.3) is 0 Å². The second kappa shape index (κ2) is 7.22. The van der Waals surface area contributed by atoms with Crippen molar-refractivity contribution in [2.24, 2.45) is 0 Å². The van der Waals surface area contributed by atoms with Gasteiger partial charge in [-0.15, -0.1) is 6.58 Å². The molecule has 106 valence electrons. The fourth-order valence-electron chi connectivity index (χ4n) is 1.90. The van der Waals surface area contributed by atoms with E-state index in [0.29, 0.717) is 6.61 Å². The number of hydrogen-bond acceptors (Lipinski definition) is 4. The van der Waals surface area contributed by atoms with Crippen LogP contribution >= 0.6 is 11.5 Å². The minimum Gasteiger partial charge on any atom is -0.489 e. The van der Waals surface area contributed by atoms with Crippen LogP contribution in [0.5, 0.6) is 5.75 Å². The van der Waals surface area contributed by atoms with Crippen LogP contribution in [0.2, 0.25) is 0 Å². The van der Waals surface area contributed by atoms with E-state index in [1.165, 1.54) is 21.6 Å². The van der Waals surface area contributed by atoms with E-state index < -0.39 is 0 Å². The molecule has 2 rings (SSSR count). The molecule has 1 aromatic heterocycles.